The molecular weight excluding hydrogens is 413 g/mol. The summed E-state index contributed by atoms with van der Waals surface area (Å²) in [5.41, 5.74) is 1.98. The lowest BCUT2D eigenvalue weighted by atomic mass is 10.1. The number of methoxy groups -OCH3 is 1. The minimum absolute atomic E-state index is 0.00403. The maximum atomic E-state index is 13.0. The smallest absolute Gasteiger partial charge is 0.321 e. The van der Waals surface area contributed by atoms with Gasteiger partial charge in [0.15, 0.2) is 5.75 Å². The molecule has 0 saturated heterocycles. The molecule has 0 radical (unpaired) electrons. The highest BCUT2D eigenvalue weighted by molar-refractivity contribution is 7.89. The Kier molecular flexibility index (Phi) is 7.11. The standard InChI is InChI=1S/C18H19Cl2NO5S/c1-12-3-5-13(6-4-12)7-8-21(11-17(22)26-2)27(24,25)16-10-14(19)9-15(20)18(16)23/h3-6,9-10,23H,7-8,11H2,1-2H3. The fourth-order valence-corrected chi connectivity index (χ4v) is 4.51. The number of carbonyl (C=O) groups is 1. The summed E-state index contributed by atoms with van der Waals surface area (Å²) in [6.07, 6.45) is 0.367. The second-order valence-corrected chi connectivity index (χ2v) is 8.63. The Morgan fingerprint density at radius 1 is 1.19 bits per heavy atom. The van der Waals surface area contributed by atoms with E-state index in [2.05, 4.69) is 4.74 Å². The Bertz CT molecular complexity index is 930. The van der Waals surface area contributed by atoms with E-state index in [9.17, 15) is 18.3 Å². The Labute approximate surface area is 168 Å². The lowest BCUT2D eigenvalue weighted by Crippen LogP contribution is -2.37. The van der Waals surface area contributed by atoms with Gasteiger partial charge in [-0.25, -0.2) is 8.42 Å². The van der Waals surface area contributed by atoms with Crippen LogP contribution < -0.4 is 0 Å². The van der Waals surface area contributed by atoms with Crippen molar-refractivity contribution in [2.75, 3.05) is 20.2 Å². The van der Waals surface area contributed by atoms with E-state index in [0.717, 1.165) is 21.5 Å². The van der Waals surface area contributed by atoms with Crippen LogP contribution in [0.4, 0.5) is 0 Å². The molecule has 0 atom stereocenters. The van der Waals surface area contributed by atoms with Gasteiger partial charge in [-0.15, -0.1) is 0 Å². The predicted octanol–water partition coefficient (Wildman–Crippen LogP) is 3.41. The molecule has 6 nitrogen and oxygen atoms in total. The number of esters is 1. The molecular formula is C18H19Cl2NO5S. The minimum atomic E-state index is -4.25. The lowest BCUT2D eigenvalue weighted by Gasteiger charge is -2.22. The summed E-state index contributed by atoms with van der Waals surface area (Å²) in [5.74, 6) is -1.35. The molecule has 27 heavy (non-hydrogen) atoms. The van der Waals surface area contributed by atoms with Gasteiger partial charge in [-0.05, 0) is 31.0 Å². The summed E-state index contributed by atoms with van der Waals surface area (Å²) >= 11 is 11.7. The Hall–Kier alpha value is -1.80. The third-order valence-corrected chi connectivity index (χ3v) is 6.28. The van der Waals surface area contributed by atoms with Gasteiger partial charge in [0.05, 0.1) is 12.1 Å². The van der Waals surface area contributed by atoms with Crippen LogP contribution in [0.1, 0.15) is 11.1 Å². The van der Waals surface area contributed by atoms with Crippen molar-refractivity contribution in [3.8, 4) is 5.75 Å². The van der Waals surface area contributed by atoms with E-state index >= 15 is 0 Å². The number of ether oxygens (including phenoxy) is 1. The zero-order valence-electron chi connectivity index (χ0n) is 14.8. The van der Waals surface area contributed by atoms with Crippen LogP contribution in [0.15, 0.2) is 41.3 Å². The van der Waals surface area contributed by atoms with Crippen molar-refractivity contribution in [2.45, 2.75) is 18.2 Å². The number of phenols is 1. The van der Waals surface area contributed by atoms with Gasteiger partial charge in [0.2, 0.25) is 10.0 Å². The Morgan fingerprint density at radius 3 is 2.41 bits per heavy atom. The maximum Gasteiger partial charge on any atom is 0.321 e. The van der Waals surface area contributed by atoms with Crippen LogP contribution in [-0.2, 0) is 26.0 Å². The summed E-state index contributed by atoms with van der Waals surface area (Å²) in [5, 5.41) is 9.95. The fourth-order valence-electron chi connectivity index (χ4n) is 2.38. The van der Waals surface area contributed by atoms with Gasteiger partial charge in [-0.3, -0.25) is 4.79 Å². The number of benzene rings is 2. The summed E-state index contributed by atoms with van der Waals surface area (Å²) in [7, 11) is -3.08. The highest BCUT2D eigenvalue weighted by Gasteiger charge is 2.30. The van der Waals surface area contributed by atoms with Crippen molar-refractivity contribution in [3.63, 3.8) is 0 Å². The van der Waals surface area contributed by atoms with Crippen LogP contribution in [0, 0.1) is 6.92 Å². The average molecular weight is 432 g/mol. The molecule has 0 aromatic heterocycles. The van der Waals surface area contributed by atoms with Crippen LogP contribution in [0.3, 0.4) is 0 Å². The number of carbonyl (C=O) groups excluding carboxylic acids is 1. The summed E-state index contributed by atoms with van der Waals surface area (Å²) in [6, 6.07) is 9.91. The number of hydrogen-bond donors (Lipinski definition) is 1. The molecule has 0 unspecified atom stereocenters. The minimum Gasteiger partial charge on any atom is -0.505 e. The maximum absolute atomic E-state index is 13.0. The highest BCUT2D eigenvalue weighted by Crippen LogP contribution is 2.35. The molecule has 1 N–H and O–H groups in total. The van der Waals surface area contributed by atoms with Crippen LogP contribution in [0.5, 0.6) is 5.75 Å². The van der Waals surface area contributed by atoms with Crippen LogP contribution in [-0.4, -0.2) is 44.0 Å². The molecule has 2 aromatic carbocycles. The van der Waals surface area contributed by atoms with E-state index in [1.54, 1.807) is 0 Å². The number of aromatic hydroxyl groups is 1. The van der Waals surface area contributed by atoms with Gasteiger partial charge in [0.1, 0.15) is 11.4 Å². The van der Waals surface area contributed by atoms with E-state index in [0.29, 0.717) is 6.42 Å². The molecule has 0 aliphatic rings. The number of sulfonamides is 1. The number of hydrogen-bond acceptors (Lipinski definition) is 5. The number of aryl methyl sites for hydroxylation is 1. The first-order valence-corrected chi connectivity index (χ1v) is 10.1. The summed E-state index contributed by atoms with van der Waals surface area (Å²) < 4.78 is 31.6. The molecule has 0 aliphatic heterocycles. The first kappa shape index (κ1) is 21.5. The van der Waals surface area contributed by atoms with E-state index in [4.69, 9.17) is 23.2 Å². The van der Waals surface area contributed by atoms with Gasteiger partial charge in [-0.2, -0.15) is 4.31 Å². The molecule has 146 valence electrons. The first-order valence-electron chi connectivity index (χ1n) is 7.95. The zero-order valence-corrected chi connectivity index (χ0v) is 17.1. The van der Waals surface area contributed by atoms with E-state index < -0.39 is 33.2 Å². The topological polar surface area (TPSA) is 83.9 Å². The van der Waals surface area contributed by atoms with E-state index in [1.165, 1.54) is 13.2 Å². The number of rotatable bonds is 7. The molecule has 9 heteroatoms. The molecule has 2 rings (SSSR count). The monoisotopic (exact) mass is 431 g/mol. The fraction of sp³-hybridized carbons (Fsp3) is 0.278. The third-order valence-electron chi connectivity index (χ3n) is 3.91. The molecule has 0 aliphatic carbocycles. The molecule has 0 bridgehead atoms. The molecule has 0 fully saturated rings. The summed E-state index contributed by atoms with van der Waals surface area (Å²) in [6.45, 7) is 1.45. The second-order valence-electron chi connectivity index (χ2n) is 5.88. The highest BCUT2D eigenvalue weighted by atomic mass is 35.5. The Morgan fingerprint density at radius 2 is 1.81 bits per heavy atom. The lowest BCUT2D eigenvalue weighted by molar-refractivity contribution is -0.140. The predicted molar refractivity (Wildman–Crippen MR) is 104 cm³/mol. The molecule has 0 heterocycles. The van der Waals surface area contributed by atoms with Crippen LogP contribution in [0.2, 0.25) is 10.0 Å². The Balaban J connectivity index is 2.37. The normalized spacial score (nSPS) is 11.6. The zero-order chi connectivity index (χ0) is 20.2. The van der Waals surface area contributed by atoms with Gasteiger partial charge < -0.3 is 9.84 Å². The van der Waals surface area contributed by atoms with Crippen molar-refractivity contribution in [3.05, 3.63) is 57.6 Å². The van der Waals surface area contributed by atoms with Gasteiger partial charge in [-0.1, -0.05) is 53.0 Å². The van der Waals surface area contributed by atoms with Crippen molar-refractivity contribution in [2.24, 2.45) is 0 Å². The second kappa shape index (κ2) is 8.93. The van der Waals surface area contributed by atoms with E-state index in [-0.39, 0.29) is 16.6 Å². The van der Waals surface area contributed by atoms with Crippen molar-refractivity contribution in [1.82, 2.24) is 4.31 Å². The summed E-state index contributed by atoms with van der Waals surface area (Å²) in [4.78, 5) is 11.3. The van der Waals surface area contributed by atoms with Crippen molar-refractivity contribution >= 4 is 39.2 Å². The molecule has 0 amide bonds. The number of phenolic OH excluding ortho intramolecular Hbond substituents is 1. The number of halogens is 2. The van der Waals surface area contributed by atoms with Gasteiger partial charge >= 0.3 is 5.97 Å². The molecule has 2 aromatic rings. The molecule has 0 spiro atoms. The largest absolute Gasteiger partial charge is 0.505 e. The van der Waals surface area contributed by atoms with Gasteiger partial charge in [0.25, 0.3) is 0 Å². The van der Waals surface area contributed by atoms with Crippen molar-refractivity contribution < 1.29 is 23.1 Å². The SMILES string of the molecule is COC(=O)CN(CCc1ccc(C)cc1)S(=O)(=O)c1cc(Cl)cc(Cl)c1O. The van der Waals surface area contributed by atoms with Gasteiger partial charge in [0, 0.05) is 11.6 Å². The number of nitrogens with zero attached hydrogens (tertiary/aromatic N) is 1. The van der Waals surface area contributed by atoms with Crippen molar-refractivity contribution in [1.29, 1.82) is 0 Å². The first-order chi connectivity index (χ1) is 12.6. The van der Waals surface area contributed by atoms with Crippen LogP contribution >= 0.6 is 23.2 Å². The average Bonchev–Trinajstić information content (AvgIpc) is 2.62. The third kappa shape index (κ3) is 5.35. The van der Waals surface area contributed by atoms with E-state index in [1.807, 2.05) is 31.2 Å². The van der Waals surface area contributed by atoms with Crippen LogP contribution in [0.25, 0.3) is 0 Å². The quantitative estimate of drug-likeness (QED) is 0.678. The molecule has 0 saturated carbocycles.